The number of unbranched alkanes of at least 4 members (excludes halogenated alkanes) is 1. The first-order valence-electron chi connectivity index (χ1n) is 13.5. The van der Waals surface area contributed by atoms with Gasteiger partial charge >= 0.3 is 24.2 Å². The highest BCUT2D eigenvalue weighted by atomic mass is 19.4. The van der Waals surface area contributed by atoms with E-state index in [1.807, 2.05) is 0 Å². The first kappa shape index (κ1) is 34.6. The largest absolute Gasteiger partial charge is 0.491 e. The van der Waals surface area contributed by atoms with Crippen LogP contribution in [0.25, 0.3) is 6.08 Å². The zero-order valence-electron chi connectivity index (χ0n) is 23.9. The van der Waals surface area contributed by atoms with Gasteiger partial charge < -0.3 is 35.2 Å². The van der Waals surface area contributed by atoms with Crippen LogP contribution in [0, 0.1) is 0 Å². The van der Waals surface area contributed by atoms with Crippen LogP contribution in [0.2, 0.25) is 0 Å². The monoisotopic (exact) mass is 638 g/mol. The van der Waals surface area contributed by atoms with Gasteiger partial charge in [-0.05, 0) is 79.1 Å². The Bertz CT molecular complexity index is 1410. The lowest BCUT2D eigenvalue weighted by Gasteiger charge is -2.18. The third-order valence-corrected chi connectivity index (χ3v) is 5.72. The molecule has 4 N–H and O–H groups in total. The minimum absolute atomic E-state index is 0.0945. The molecule has 0 amide bonds. The Morgan fingerprint density at radius 1 is 0.733 bits per heavy atom. The summed E-state index contributed by atoms with van der Waals surface area (Å²) in [4.78, 5) is 24.0. The maximum Gasteiger partial charge on any atom is 0.426 e. The molecule has 3 aromatic rings. The standard InChI is InChI=1S/C31H31F5N2O7/c32-30(33,34)20-41-15-16-42-26-10-6-23(7-11-26)31(35,36)45-27-8-3-21(4-9-27)5-12-28(39)43-13-1-2-14-44-29(40)22-17-24(37)19-25(38)18-22/h3-12,17-19H,1-2,13-16,20,37-38H2/b12-5+. The molecule has 0 unspecified atom stereocenters. The number of benzene rings is 3. The summed E-state index contributed by atoms with van der Waals surface area (Å²) in [5, 5.41) is 0. The number of nitrogens with two attached hydrogens (primary N) is 2. The molecule has 0 radical (unpaired) electrons. The van der Waals surface area contributed by atoms with Crippen LogP contribution in [-0.2, 0) is 25.1 Å². The molecule has 0 saturated carbocycles. The lowest BCUT2D eigenvalue weighted by atomic mass is 10.2. The van der Waals surface area contributed by atoms with E-state index in [1.54, 1.807) is 0 Å². The van der Waals surface area contributed by atoms with Crippen molar-refractivity contribution < 1.29 is 55.2 Å². The zero-order chi connectivity index (χ0) is 32.9. The van der Waals surface area contributed by atoms with E-state index in [4.69, 9.17) is 30.4 Å². The summed E-state index contributed by atoms with van der Waals surface area (Å²) in [7, 11) is 0. The Hall–Kier alpha value is -4.85. The molecule has 0 heterocycles. The van der Waals surface area contributed by atoms with Gasteiger partial charge in [-0.1, -0.05) is 12.1 Å². The predicted octanol–water partition coefficient (Wildman–Crippen LogP) is 6.13. The van der Waals surface area contributed by atoms with Gasteiger partial charge in [0.2, 0.25) is 0 Å². The van der Waals surface area contributed by atoms with Crippen molar-refractivity contribution in [3.05, 3.63) is 89.5 Å². The average Bonchev–Trinajstić information content (AvgIpc) is 2.97. The van der Waals surface area contributed by atoms with Gasteiger partial charge in [0, 0.05) is 17.5 Å². The first-order chi connectivity index (χ1) is 21.3. The third-order valence-electron chi connectivity index (χ3n) is 5.72. The van der Waals surface area contributed by atoms with E-state index in [-0.39, 0.29) is 43.5 Å². The molecule has 0 atom stereocenters. The third kappa shape index (κ3) is 12.7. The number of rotatable bonds is 16. The van der Waals surface area contributed by atoms with Crippen molar-refractivity contribution in [1.29, 1.82) is 0 Å². The molecule has 3 aromatic carbocycles. The molecule has 0 spiro atoms. The van der Waals surface area contributed by atoms with Crippen LogP contribution < -0.4 is 20.9 Å². The van der Waals surface area contributed by atoms with Gasteiger partial charge in [-0.2, -0.15) is 22.0 Å². The fourth-order valence-electron chi connectivity index (χ4n) is 3.64. The van der Waals surface area contributed by atoms with Gasteiger partial charge in [0.15, 0.2) is 0 Å². The van der Waals surface area contributed by atoms with Crippen molar-refractivity contribution >= 4 is 29.4 Å². The zero-order valence-corrected chi connectivity index (χ0v) is 23.9. The Labute approximate surface area is 255 Å². The van der Waals surface area contributed by atoms with Crippen LogP contribution in [0.5, 0.6) is 11.5 Å². The van der Waals surface area contributed by atoms with Gasteiger partial charge in [-0.3, -0.25) is 0 Å². The van der Waals surface area contributed by atoms with Crippen LogP contribution in [0.1, 0.15) is 34.3 Å². The number of esters is 2. The second kappa shape index (κ2) is 16.3. The number of carbonyl (C=O) groups excluding carboxylic acids is 2. The fourth-order valence-corrected chi connectivity index (χ4v) is 3.64. The predicted molar refractivity (Wildman–Crippen MR) is 155 cm³/mol. The summed E-state index contributed by atoms with van der Waals surface area (Å²) in [6, 6.07) is 14.6. The molecular formula is C31H31F5N2O7. The fraction of sp³-hybridized carbons (Fsp3) is 0.290. The summed E-state index contributed by atoms with van der Waals surface area (Å²) >= 11 is 0. The first-order valence-corrected chi connectivity index (χ1v) is 13.5. The van der Waals surface area contributed by atoms with Gasteiger partial charge in [-0.25, -0.2) is 9.59 Å². The van der Waals surface area contributed by atoms with Crippen molar-refractivity contribution in [1.82, 2.24) is 0 Å². The summed E-state index contributed by atoms with van der Waals surface area (Å²) in [6.07, 6.45) is -4.62. The lowest BCUT2D eigenvalue weighted by Crippen LogP contribution is -2.21. The number of hydrogen-bond donors (Lipinski definition) is 2. The Morgan fingerprint density at radius 2 is 1.33 bits per heavy atom. The SMILES string of the molecule is Nc1cc(N)cc(C(=O)OCCCCOC(=O)/C=C/c2ccc(OC(F)(F)c3ccc(OCCOCC(F)(F)F)cc3)cc2)c1. The molecule has 3 rings (SSSR count). The normalized spacial score (nSPS) is 11.8. The summed E-state index contributed by atoms with van der Waals surface area (Å²) in [5.41, 5.74) is 12.3. The highest BCUT2D eigenvalue weighted by Crippen LogP contribution is 2.32. The number of halogens is 5. The quantitative estimate of drug-likeness (QED) is 0.0625. The topological polar surface area (TPSA) is 132 Å². The van der Waals surface area contributed by atoms with Crippen LogP contribution in [0.3, 0.4) is 0 Å². The average molecular weight is 639 g/mol. The minimum atomic E-state index is -4.45. The van der Waals surface area contributed by atoms with E-state index in [0.717, 1.165) is 12.1 Å². The maximum absolute atomic E-state index is 14.6. The van der Waals surface area contributed by atoms with Crippen LogP contribution >= 0.6 is 0 Å². The number of alkyl halides is 5. The molecule has 45 heavy (non-hydrogen) atoms. The number of anilines is 2. The number of ether oxygens (including phenoxy) is 5. The second-order valence-corrected chi connectivity index (χ2v) is 9.46. The summed E-state index contributed by atoms with van der Waals surface area (Å²) in [5.74, 6) is -1.15. The van der Waals surface area contributed by atoms with Crippen molar-refractivity contribution in [3.8, 4) is 11.5 Å². The van der Waals surface area contributed by atoms with Gasteiger partial charge in [0.1, 0.15) is 24.7 Å². The molecule has 0 aliphatic heterocycles. The molecule has 9 nitrogen and oxygen atoms in total. The highest BCUT2D eigenvalue weighted by molar-refractivity contribution is 5.91. The molecule has 242 valence electrons. The van der Waals surface area contributed by atoms with Crippen molar-refractivity contribution in [2.75, 3.05) is 44.5 Å². The van der Waals surface area contributed by atoms with Crippen LogP contribution in [0.4, 0.5) is 33.3 Å². The van der Waals surface area contributed by atoms with E-state index in [0.29, 0.717) is 29.8 Å². The van der Waals surface area contributed by atoms with Gasteiger partial charge in [0.25, 0.3) is 0 Å². The molecule has 14 heteroatoms. The number of carbonyl (C=O) groups is 2. The molecule has 0 aliphatic rings. The molecule has 0 aromatic heterocycles. The lowest BCUT2D eigenvalue weighted by molar-refractivity contribution is -0.185. The molecule has 0 fully saturated rings. The maximum atomic E-state index is 14.6. The second-order valence-electron chi connectivity index (χ2n) is 9.46. The van der Waals surface area contributed by atoms with Gasteiger partial charge in [-0.15, -0.1) is 0 Å². The Balaban J connectivity index is 1.35. The van der Waals surface area contributed by atoms with E-state index in [2.05, 4.69) is 4.74 Å². The summed E-state index contributed by atoms with van der Waals surface area (Å²) < 4.78 is 90.1. The van der Waals surface area contributed by atoms with E-state index >= 15 is 0 Å². The van der Waals surface area contributed by atoms with E-state index in [9.17, 15) is 31.5 Å². The van der Waals surface area contributed by atoms with Crippen LogP contribution in [0.15, 0.2) is 72.8 Å². The molecular weight excluding hydrogens is 607 g/mol. The molecule has 0 bridgehead atoms. The van der Waals surface area contributed by atoms with Crippen molar-refractivity contribution in [2.45, 2.75) is 25.1 Å². The van der Waals surface area contributed by atoms with E-state index < -0.39 is 36.4 Å². The smallest absolute Gasteiger partial charge is 0.426 e. The molecule has 0 saturated heterocycles. The van der Waals surface area contributed by atoms with Crippen molar-refractivity contribution in [2.24, 2.45) is 0 Å². The highest BCUT2D eigenvalue weighted by Gasteiger charge is 2.34. The minimum Gasteiger partial charge on any atom is -0.491 e. The van der Waals surface area contributed by atoms with Gasteiger partial charge in [0.05, 0.1) is 30.9 Å². The van der Waals surface area contributed by atoms with Crippen LogP contribution in [-0.4, -0.2) is 51.1 Å². The van der Waals surface area contributed by atoms with Crippen molar-refractivity contribution in [3.63, 3.8) is 0 Å². The summed E-state index contributed by atoms with van der Waals surface area (Å²) in [6.45, 7) is -1.71. The molecule has 0 aliphatic carbocycles. The number of hydrogen-bond acceptors (Lipinski definition) is 9. The Morgan fingerprint density at radius 3 is 1.96 bits per heavy atom. The Kier molecular flexibility index (Phi) is 12.5. The number of nitrogen functional groups attached to an aromatic ring is 2. The van der Waals surface area contributed by atoms with E-state index in [1.165, 1.54) is 66.7 Å².